The molecule has 0 unspecified atom stereocenters. The molecule has 0 bridgehead atoms. The van der Waals surface area contributed by atoms with Crippen molar-refractivity contribution >= 4 is 17.2 Å². The largest absolute Gasteiger partial charge is 0.373 e. The molecule has 2 saturated heterocycles. The monoisotopic (exact) mass is 370 g/mol. The van der Waals surface area contributed by atoms with Crippen molar-refractivity contribution in [2.45, 2.75) is 44.9 Å². The van der Waals surface area contributed by atoms with Crippen LogP contribution in [0.1, 0.15) is 57.5 Å². The highest BCUT2D eigenvalue weighted by Crippen LogP contribution is 2.33. The van der Waals surface area contributed by atoms with E-state index < -0.39 is 0 Å². The van der Waals surface area contributed by atoms with Gasteiger partial charge in [0.05, 0.1) is 11.0 Å². The lowest BCUT2D eigenvalue weighted by Gasteiger charge is -2.15. The maximum Gasteiger partial charge on any atom is 0.261 e. The first-order chi connectivity index (χ1) is 12.8. The lowest BCUT2D eigenvalue weighted by Crippen LogP contribution is -2.22. The molecule has 2 aliphatic heterocycles. The number of rotatable bonds is 6. The summed E-state index contributed by atoms with van der Waals surface area (Å²) < 4.78 is 5.70. The van der Waals surface area contributed by atoms with Crippen molar-refractivity contribution in [3.8, 4) is 0 Å². The van der Waals surface area contributed by atoms with E-state index in [0.717, 1.165) is 36.4 Å². The van der Waals surface area contributed by atoms with Crippen molar-refractivity contribution < 1.29 is 9.53 Å². The molecule has 2 fully saturated rings. The van der Waals surface area contributed by atoms with Crippen molar-refractivity contribution in [1.29, 1.82) is 0 Å². The first kappa shape index (κ1) is 17.7. The van der Waals surface area contributed by atoms with Crippen molar-refractivity contribution in [3.63, 3.8) is 0 Å². The molecule has 1 aromatic heterocycles. The first-order valence-corrected chi connectivity index (χ1v) is 10.4. The molecule has 2 aromatic rings. The van der Waals surface area contributed by atoms with E-state index in [4.69, 9.17) is 4.74 Å². The van der Waals surface area contributed by atoms with Crippen LogP contribution < -0.4 is 5.32 Å². The Kier molecular flexibility index (Phi) is 5.68. The number of carbonyl (C=O) groups excluding carboxylic acids is 1. The summed E-state index contributed by atoms with van der Waals surface area (Å²) in [6.07, 6.45) is 4.97. The van der Waals surface area contributed by atoms with E-state index in [1.54, 1.807) is 11.3 Å². The fourth-order valence-electron chi connectivity index (χ4n) is 3.76. The molecule has 0 aliphatic carbocycles. The molecule has 138 valence electrons. The summed E-state index contributed by atoms with van der Waals surface area (Å²) in [7, 11) is 0. The van der Waals surface area contributed by atoms with Crippen molar-refractivity contribution in [3.05, 3.63) is 57.3 Å². The summed E-state index contributed by atoms with van der Waals surface area (Å²) in [5, 5.41) is 3.06. The van der Waals surface area contributed by atoms with Gasteiger partial charge in [0.2, 0.25) is 0 Å². The minimum absolute atomic E-state index is 0.00388. The Bertz CT molecular complexity index is 746. The Balaban J connectivity index is 1.32. The van der Waals surface area contributed by atoms with Gasteiger partial charge < -0.3 is 10.1 Å². The third-order valence-electron chi connectivity index (χ3n) is 5.15. The van der Waals surface area contributed by atoms with Crippen LogP contribution in [0.25, 0.3) is 0 Å². The molecule has 4 rings (SSSR count). The number of hydrogen-bond acceptors (Lipinski definition) is 4. The van der Waals surface area contributed by atoms with Crippen molar-refractivity contribution in [1.82, 2.24) is 10.2 Å². The molecular weight excluding hydrogens is 344 g/mol. The molecule has 1 aromatic carbocycles. The average molecular weight is 371 g/mol. The number of nitrogens with zero attached hydrogens (tertiary/aromatic N) is 1. The van der Waals surface area contributed by atoms with Gasteiger partial charge in [-0.25, -0.2) is 0 Å². The fraction of sp³-hybridized carbons (Fsp3) is 0.476. The van der Waals surface area contributed by atoms with Crippen LogP contribution in [-0.4, -0.2) is 30.5 Å². The van der Waals surface area contributed by atoms with E-state index in [1.165, 1.54) is 36.4 Å². The van der Waals surface area contributed by atoms with E-state index in [-0.39, 0.29) is 12.0 Å². The highest BCUT2D eigenvalue weighted by atomic mass is 32.1. The second kappa shape index (κ2) is 8.33. The van der Waals surface area contributed by atoms with Gasteiger partial charge in [-0.15, -0.1) is 11.3 Å². The Morgan fingerprint density at radius 2 is 2.00 bits per heavy atom. The van der Waals surface area contributed by atoms with E-state index in [1.807, 2.05) is 12.1 Å². The summed E-state index contributed by atoms with van der Waals surface area (Å²) in [5.74, 6) is 0.00388. The molecule has 0 radical (unpaired) electrons. The van der Waals surface area contributed by atoms with Gasteiger partial charge in [0.15, 0.2) is 0 Å². The van der Waals surface area contributed by atoms with Crippen LogP contribution in [0.2, 0.25) is 0 Å². The first-order valence-electron chi connectivity index (χ1n) is 9.58. The highest BCUT2D eigenvalue weighted by molar-refractivity contribution is 7.14. The molecule has 4 nitrogen and oxygen atoms in total. The number of benzene rings is 1. The molecule has 1 atom stereocenters. The van der Waals surface area contributed by atoms with Crippen LogP contribution in [0.15, 0.2) is 36.4 Å². The third-order valence-corrected chi connectivity index (χ3v) is 6.32. The number of amides is 1. The minimum Gasteiger partial charge on any atom is -0.373 e. The van der Waals surface area contributed by atoms with Gasteiger partial charge in [0.25, 0.3) is 5.91 Å². The Labute approximate surface area is 159 Å². The molecule has 1 amide bonds. The van der Waals surface area contributed by atoms with Crippen LogP contribution >= 0.6 is 11.3 Å². The van der Waals surface area contributed by atoms with E-state index in [9.17, 15) is 4.79 Å². The van der Waals surface area contributed by atoms with Gasteiger partial charge in [0, 0.05) is 24.6 Å². The van der Waals surface area contributed by atoms with Crippen LogP contribution in [0.3, 0.4) is 0 Å². The van der Waals surface area contributed by atoms with Crippen molar-refractivity contribution in [2.75, 3.05) is 19.7 Å². The zero-order chi connectivity index (χ0) is 17.8. The van der Waals surface area contributed by atoms with Crippen LogP contribution in [0, 0.1) is 0 Å². The van der Waals surface area contributed by atoms with Gasteiger partial charge in [-0.2, -0.15) is 0 Å². The maximum atomic E-state index is 12.5. The van der Waals surface area contributed by atoms with Crippen LogP contribution in [0.4, 0.5) is 0 Å². The molecule has 3 heterocycles. The summed E-state index contributed by atoms with van der Waals surface area (Å²) in [6.45, 7) is 4.81. The van der Waals surface area contributed by atoms with Crippen molar-refractivity contribution in [2.24, 2.45) is 0 Å². The van der Waals surface area contributed by atoms with E-state index >= 15 is 0 Å². The highest BCUT2D eigenvalue weighted by Gasteiger charge is 2.20. The summed E-state index contributed by atoms with van der Waals surface area (Å²) >= 11 is 1.55. The molecule has 0 spiro atoms. The number of nitrogens with one attached hydrogen (secondary N) is 1. The predicted molar refractivity (Wildman–Crippen MR) is 104 cm³/mol. The SMILES string of the molecule is O=C(NCc1cccc(CN2CCCC2)c1)c1ccc([C@H]2CCCO2)s1. The van der Waals surface area contributed by atoms with Gasteiger partial charge in [-0.3, -0.25) is 9.69 Å². The topological polar surface area (TPSA) is 41.6 Å². The van der Waals surface area contributed by atoms with Gasteiger partial charge in [-0.05, 0) is 62.0 Å². The average Bonchev–Trinajstić information content (AvgIpc) is 3.41. The smallest absolute Gasteiger partial charge is 0.261 e. The second-order valence-corrected chi connectivity index (χ2v) is 8.30. The normalized spacial score (nSPS) is 20.5. The van der Waals surface area contributed by atoms with Gasteiger partial charge in [0.1, 0.15) is 0 Å². The number of likely N-dealkylation sites (tertiary alicyclic amines) is 1. The maximum absolute atomic E-state index is 12.5. The Morgan fingerprint density at radius 3 is 2.81 bits per heavy atom. The quantitative estimate of drug-likeness (QED) is 0.831. The van der Waals surface area contributed by atoms with Crippen LogP contribution in [-0.2, 0) is 17.8 Å². The third kappa shape index (κ3) is 4.34. The Hall–Kier alpha value is -1.69. The zero-order valence-corrected chi connectivity index (χ0v) is 15.9. The van der Waals surface area contributed by atoms with E-state index in [2.05, 4.69) is 34.5 Å². The number of hydrogen-bond donors (Lipinski definition) is 1. The summed E-state index contributed by atoms with van der Waals surface area (Å²) in [5.41, 5.74) is 2.49. The second-order valence-electron chi connectivity index (χ2n) is 7.19. The summed E-state index contributed by atoms with van der Waals surface area (Å²) in [6, 6.07) is 12.5. The Morgan fingerprint density at radius 1 is 1.15 bits per heavy atom. The van der Waals surface area contributed by atoms with Crippen LogP contribution in [0.5, 0.6) is 0 Å². The number of ether oxygens (including phenoxy) is 1. The number of carbonyl (C=O) groups is 1. The molecule has 5 heteroatoms. The lowest BCUT2D eigenvalue weighted by atomic mass is 10.1. The minimum atomic E-state index is 0.00388. The summed E-state index contributed by atoms with van der Waals surface area (Å²) in [4.78, 5) is 16.9. The fourth-order valence-corrected chi connectivity index (χ4v) is 4.76. The van der Waals surface area contributed by atoms with E-state index in [0.29, 0.717) is 6.54 Å². The standard InChI is InChI=1S/C21H26N2O2S/c24-21(20-9-8-19(26-20)18-7-4-12-25-18)22-14-16-5-3-6-17(13-16)15-23-10-1-2-11-23/h3,5-6,8-9,13,18H,1-2,4,7,10-12,14-15H2,(H,22,24)/t18-/m1/s1. The molecular formula is C21H26N2O2S. The number of thiophene rings is 1. The van der Waals surface area contributed by atoms with Gasteiger partial charge >= 0.3 is 0 Å². The predicted octanol–water partition coefficient (Wildman–Crippen LogP) is 4.13. The molecule has 1 N–H and O–H groups in total. The molecule has 26 heavy (non-hydrogen) atoms. The molecule has 0 saturated carbocycles. The molecule has 2 aliphatic rings. The van der Waals surface area contributed by atoms with Gasteiger partial charge in [-0.1, -0.05) is 24.3 Å². The lowest BCUT2D eigenvalue weighted by molar-refractivity contribution is 0.0955. The zero-order valence-electron chi connectivity index (χ0n) is 15.1.